The van der Waals surface area contributed by atoms with Crippen LogP contribution in [0.25, 0.3) is 0 Å². The lowest BCUT2D eigenvalue weighted by Crippen LogP contribution is -2.33. The molecular formula is C14H20N2OS. The van der Waals surface area contributed by atoms with Gasteiger partial charge in [-0.25, -0.2) is 0 Å². The molecule has 3 nitrogen and oxygen atoms in total. The van der Waals surface area contributed by atoms with Crippen LogP contribution in [0, 0.1) is 11.3 Å². The van der Waals surface area contributed by atoms with Crippen molar-refractivity contribution in [1.29, 1.82) is 5.26 Å². The number of hydrogen-bond donors (Lipinski definition) is 1. The van der Waals surface area contributed by atoms with Crippen molar-refractivity contribution in [2.24, 2.45) is 0 Å². The van der Waals surface area contributed by atoms with E-state index in [4.69, 9.17) is 5.11 Å². The maximum atomic E-state index is 9.21. The van der Waals surface area contributed by atoms with Gasteiger partial charge in [0.05, 0.1) is 17.9 Å². The molecule has 0 bridgehead atoms. The molecule has 0 aliphatic heterocycles. The van der Waals surface area contributed by atoms with Crippen LogP contribution in [-0.2, 0) is 6.61 Å². The Kier molecular flexibility index (Phi) is 6.03. The van der Waals surface area contributed by atoms with Gasteiger partial charge in [0.2, 0.25) is 0 Å². The molecule has 1 aromatic rings. The van der Waals surface area contributed by atoms with Gasteiger partial charge in [-0.1, -0.05) is 13.0 Å². The highest BCUT2D eigenvalue weighted by atomic mass is 32.2. The van der Waals surface area contributed by atoms with E-state index in [0.29, 0.717) is 11.6 Å². The molecule has 0 saturated carbocycles. The molecule has 0 amide bonds. The Labute approximate surface area is 113 Å². The van der Waals surface area contributed by atoms with Gasteiger partial charge in [0.15, 0.2) is 0 Å². The molecule has 1 unspecified atom stereocenters. The zero-order chi connectivity index (χ0) is 13.5. The van der Waals surface area contributed by atoms with E-state index in [1.54, 1.807) is 6.07 Å². The Balaban J connectivity index is 3.04. The van der Waals surface area contributed by atoms with Gasteiger partial charge in [-0.3, -0.25) is 0 Å². The predicted octanol–water partition coefficient (Wildman–Crippen LogP) is 2.63. The molecule has 1 rings (SSSR count). The van der Waals surface area contributed by atoms with Crippen LogP contribution in [0.1, 0.15) is 24.5 Å². The normalized spacial score (nSPS) is 11.9. The average Bonchev–Trinajstić information content (AvgIpc) is 2.43. The first-order valence-electron chi connectivity index (χ1n) is 6.03. The first-order chi connectivity index (χ1) is 8.67. The van der Waals surface area contributed by atoms with E-state index in [1.165, 1.54) is 0 Å². The van der Waals surface area contributed by atoms with E-state index in [2.05, 4.69) is 24.1 Å². The van der Waals surface area contributed by atoms with Gasteiger partial charge < -0.3 is 10.0 Å². The van der Waals surface area contributed by atoms with E-state index in [0.717, 1.165) is 23.4 Å². The molecule has 0 saturated heterocycles. The van der Waals surface area contributed by atoms with Crippen LogP contribution < -0.4 is 4.90 Å². The second-order valence-corrected chi connectivity index (χ2v) is 5.16. The second kappa shape index (κ2) is 7.30. The number of nitrogens with zero attached hydrogens (tertiary/aromatic N) is 2. The first kappa shape index (κ1) is 14.9. The highest BCUT2D eigenvalue weighted by Crippen LogP contribution is 2.24. The molecule has 0 radical (unpaired) electrons. The number of hydrogen-bond acceptors (Lipinski definition) is 4. The molecule has 0 heterocycles. The van der Waals surface area contributed by atoms with Crippen LogP contribution in [0.2, 0.25) is 0 Å². The highest BCUT2D eigenvalue weighted by Gasteiger charge is 2.16. The van der Waals surface area contributed by atoms with Gasteiger partial charge in [-0.2, -0.15) is 17.0 Å². The van der Waals surface area contributed by atoms with E-state index in [1.807, 2.05) is 30.9 Å². The van der Waals surface area contributed by atoms with Gasteiger partial charge in [0.25, 0.3) is 0 Å². The van der Waals surface area contributed by atoms with Crippen LogP contribution in [-0.4, -0.2) is 30.2 Å². The van der Waals surface area contributed by atoms with Gasteiger partial charge in [-0.15, -0.1) is 0 Å². The molecule has 0 aliphatic carbocycles. The summed E-state index contributed by atoms with van der Waals surface area (Å²) in [6, 6.07) is 8.19. The minimum absolute atomic E-state index is 0.0271. The summed E-state index contributed by atoms with van der Waals surface area (Å²) in [5, 5.41) is 18.3. The summed E-state index contributed by atoms with van der Waals surface area (Å²) in [7, 11) is 2.03. The summed E-state index contributed by atoms with van der Waals surface area (Å²) in [6.45, 7) is 2.13. The Hall–Kier alpha value is -1.18. The number of nitriles is 1. The van der Waals surface area contributed by atoms with Crippen molar-refractivity contribution in [3.63, 3.8) is 0 Å². The molecule has 1 N–H and O–H groups in total. The van der Waals surface area contributed by atoms with E-state index < -0.39 is 0 Å². The molecule has 0 aliphatic rings. The minimum Gasteiger partial charge on any atom is -0.392 e. The molecule has 4 heteroatoms. The van der Waals surface area contributed by atoms with Gasteiger partial charge >= 0.3 is 0 Å². The summed E-state index contributed by atoms with van der Waals surface area (Å²) in [5.41, 5.74) is 2.35. The highest BCUT2D eigenvalue weighted by molar-refractivity contribution is 7.98. The summed E-state index contributed by atoms with van der Waals surface area (Å²) in [5.74, 6) is 1.04. The standard InChI is InChI=1S/C14H20N2OS/c1-4-13(10-18-3)16(2)14-6-5-11(9-17)7-12(14)8-15/h5-7,13,17H,4,9-10H2,1-3H3. The number of rotatable bonds is 6. The Morgan fingerprint density at radius 3 is 2.72 bits per heavy atom. The largest absolute Gasteiger partial charge is 0.392 e. The maximum Gasteiger partial charge on any atom is 0.101 e. The first-order valence-corrected chi connectivity index (χ1v) is 7.42. The number of aliphatic hydroxyl groups excluding tert-OH is 1. The maximum absolute atomic E-state index is 9.21. The fraction of sp³-hybridized carbons (Fsp3) is 0.500. The molecule has 18 heavy (non-hydrogen) atoms. The van der Waals surface area contributed by atoms with Crippen molar-refractivity contribution in [3.05, 3.63) is 29.3 Å². The van der Waals surface area contributed by atoms with Crippen molar-refractivity contribution in [2.45, 2.75) is 26.0 Å². The van der Waals surface area contributed by atoms with E-state index in [9.17, 15) is 5.26 Å². The predicted molar refractivity (Wildman–Crippen MR) is 77.9 cm³/mol. The Bertz CT molecular complexity index is 428. The van der Waals surface area contributed by atoms with Gasteiger partial charge in [0, 0.05) is 18.8 Å². The molecule has 0 spiro atoms. The fourth-order valence-corrected chi connectivity index (χ4v) is 2.82. The fourth-order valence-electron chi connectivity index (χ4n) is 1.97. The van der Waals surface area contributed by atoms with Gasteiger partial charge in [-0.05, 0) is 30.4 Å². The van der Waals surface area contributed by atoms with Crippen molar-refractivity contribution in [1.82, 2.24) is 0 Å². The zero-order valence-electron chi connectivity index (χ0n) is 11.2. The summed E-state index contributed by atoms with van der Waals surface area (Å²) in [4.78, 5) is 2.16. The van der Waals surface area contributed by atoms with Gasteiger partial charge in [0.1, 0.15) is 6.07 Å². The monoisotopic (exact) mass is 264 g/mol. The summed E-state index contributed by atoms with van der Waals surface area (Å²) < 4.78 is 0. The lowest BCUT2D eigenvalue weighted by molar-refractivity contribution is 0.282. The zero-order valence-corrected chi connectivity index (χ0v) is 12.0. The SMILES string of the molecule is CCC(CSC)N(C)c1ccc(CO)cc1C#N. The lowest BCUT2D eigenvalue weighted by Gasteiger charge is -2.29. The molecule has 0 aromatic heterocycles. The van der Waals surface area contributed by atoms with Crippen molar-refractivity contribution < 1.29 is 5.11 Å². The molecule has 98 valence electrons. The lowest BCUT2D eigenvalue weighted by atomic mass is 10.1. The average molecular weight is 264 g/mol. The Morgan fingerprint density at radius 2 is 2.22 bits per heavy atom. The Morgan fingerprint density at radius 1 is 1.50 bits per heavy atom. The van der Waals surface area contributed by atoms with Crippen LogP contribution >= 0.6 is 11.8 Å². The number of anilines is 1. The molecule has 1 aromatic carbocycles. The summed E-state index contributed by atoms with van der Waals surface area (Å²) in [6.07, 6.45) is 3.14. The summed E-state index contributed by atoms with van der Waals surface area (Å²) >= 11 is 1.81. The van der Waals surface area contributed by atoms with E-state index >= 15 is 0 Å². The third-order valence-electron chi connectivity index (χ3n) is 3.12. The van der Waals surface area contributed by atoms with E-state index in [-0.39, 0.29) is 6.61 Å². The second-order valence-electron chi connectivity index (χ2n) is 4.25. The topological polar surface area (TPSA) is 47.3 Å². The molecular weight excluding hydrogens is 244 g/mol. The minimum atomic E-state index is -0.0271. The smallest absolute Gasteiger partial charge is 0.101 e. The quantitative estimate of drug-likeness (QED) is 0.858. The number of benzene rings is 1. The molecule has 0 fully saturated rings. The van der Waals surface area contributed by atoms with Crippen molar-refractivity contribution in [3.8, 4) is 6.07 Å². The van der Waals surface area contributed by atoms with Crippen molar-refractivity contribution in [2.75, 3.05) is 24.0 Å². The number of thioether (sulfide) groups is 1. The van der Waals surface area contributed by atoms with Crippen LogP contribution in [0.4, 0.5) is 5.69 Å². The van der Waals surface area contributed by atoms with Crippen LogP contribution in [0.15, 0.2) is 18.2 Å². The molecule has 1 atom stereocenters. The van der Waals surface area contributed by atoms with Crippen LogP contribution in [0.5, 0.6) is 0 Å². The third kappa shape index (κ3) is 3.41. The van der Waals surface area contributed by atoms with Crippen molar-refractivity contribution >= 4 is 17.4 Å². The third-order valence-corrected chi connectivity index (χ3v) is 3.84. The number of aliphatic hydroxyl groups is 1. The van der Waals surface area contributed by atoms with Crippen LogP contribution in [0.3, 0.4) is 0 Å².